The predicted molar refractivity (Wildman–Crippen MR) is 95.7 cm³/mol. The molecule has 2 aromatic rings. The quantitative estimate of drug-likeness (QED) is 0.526. The summed E-state index contributed by atoms with van der Waals surface area (Å²) in [6.45, 7) is 2.74. The van der Waals surface area contributed by atoms with E-state index in [0.29, 0.717) is 12.5 Å². The smallest absolute Gasteiger partial charge is 0.191 e. The van der Waals surface area contributed by atoms with Crippen LogP contribution in [0.5, 0.6) is 0 Å². The number of benzene rings is 1. The molecule has 0 fully saturated rings. The molecule has 0 unspecified atom stereocenters. The van der Waals surface area contributed by atoms with Crippen LogP contribution in [0.4, 0.5) is 0 Å². The van der Waals surface area contributed by atoms with Gasteiger partial charge in [-0.15, -0.1) is 0 Å². The summed E-state index contributed by atoms with van der Waals surface area (Å²) in [5.41, 5.74) is 2.38. The van der Waals surface area contributed by atoms with E-state index in [1.165, 1.54) is 10.9 Å². The molecule has 7 heteroatoms. The second-order valence-electron chi connectivity index (χ2n) is 5.27. The van der Waals surface area contributed by atoms with Gasteiger partial charge in [-0.1, -0.05) is 25.1 Å². The fourth-order valence-electron chi connectivity index (χ4n) is 2.34. The minimum absolute atomic E-state index is 0.118. The van der Waals surface area contributed by atoms with Gasteiger partial charge in [0.1, 0.15) is 0 Å². The molecule has 0 bridgehead atoms. The van der Waals surface area contributed by atoms with Crippen LogP contribution in [0.25, 0.3) is 10.9 Å². The first-order chi connectivity index (χ1) is 11.1. The molecule has 0 aliphatic heterocycles. The molecule has 0 spiro atoms. The normalized spacial score (nSPS) is 12.5. The molecule has 126 valence electrons. The average Bonchev–Trinajstić information content (AvgIpc) is 2.96. The molecule has 23 heavy (non-hydrogen) atoms. The lowest BCUT2D eigenvalue weighted by Crippen LogP contribution is -2.40. The van der Waals surface area contributed by atoms with Gasteiger partial charge in [0, 0.05) is 43.0 Å². The SMILES string of the molecule is CCS(=O)(=O)CCNC(=NC)NCCc1c[nH]c2ccccc12. The van der Waals surface area contributed by atoms with Gasteiger partial charge < -0.3 is 15.6 Å². The highest BCUT2D eigenvalue weighted by molar-refractivity contribution is 7.91. The van der Waals surface area contributed by atoms with Gasteiger partial charge in [-0.05, 0) is 18.1 Å². The molecule has 0 amide bonds. The van der Waals surface area contributed by atoms with Crippen LogP contribution in [-0.2, 0) is 16.3 Å². The summed E-state index contributed by atoms with van der Waals surface area (Å²) >= 11 is 0. The maximum Gasteiger partial charge on any atom is 0.191 e. The number of sulfone groups is 1. The highest BCUT2D eigenvalue weighted by Gasteiger charge is 2.07. The van der Waals surface area contributed by atoms with Crippen molar-refractivity contribution in [3.63, 3.8) is 0 Å². The first-order valence-electron chi connectivity index (χ1n) is 7.75. The van der Waals surface area contributed by atoms with Gasteiger partial charge in [0.05, 0.1) is 5.75 Å². The van der Waals surface area contributed by atoms with Crippen molar-refractivity contribution >= 4 is 26.7 Å². The van der Waals surface area contributed by atoms with Crippen LogP contribution < -0.4 is 10.6 Å². The van der Waals surface area contributed by atoms with Crippen molar-refractivity contribution in [3.05, 3.63) is 36.0 Å². The van der Waals surface area contributed by atoms with Crippen LogP contribution in [0.15, 0.2) is 35.5 Å². The molecular formula is C16H24N4O2S. The molecule has 1 heterocycles. The molecule has 2 rings (SSSR count). The second kappa shape index (κ2) is 8.01. The van der Waals surface area contributed by atoms with Crippen LogP contribution in [0, 0.1) is 0 Å². The maximum absolute atomic E-state index is 11.5. The molecule has 0 atom stereocenters. The van der Waals surface area contributed by atoms with Crippen LogP contribution in [0.3, 0.4) is 0 Å². The summed E-state index contributed by atoms with van der Waals surface area (Å²) in [5.74, 6) is 0.907. The Morgan fingerprint density at radius 1 is 1.22 bits per heavy atom. The van der Waals surface area contributed by atoms with Gasteiger partial charge in [-0.3, -0.25) is 4.99 Å². The summed E-state index contributed by atoms with van der Waals surface area (Å²) in [6, 6.07) is 8.20. The lowest BCUT2D eigenvalue weighted by molar-refractivity contribution is 0.595. The zero-order valence-corrected chi connectivity index (χ0v) is 14.4. The molecule has 0 saturated carbocycles. The minimum atomic E-state index is -2.95. The molecule has 1 aromatic carbocycles. The van der Waals surface area contributed by atoms with E-state index in [9.17, 15) is 8.42 Å². The van der Waals surface area contributed by atoms with Crippen LogP contribution in [0.2, 0.25) is 0 Å². The van der Waals surface area contributed by atoms with Gasteiger partial charge in [0.2, 0.25) is 0 Å². The van der Waals surface area contributed by atoms with Crippen molar-refractivity contribution in [2.75, 3.05) is 31.6 Å². The molecule has 3 N–H and O–H groups in total. The Balaban J connectivity index is 1.80. The third-order valence-electron chi connectivity index (χ3n) is 3.73. The van der Waals surface area contributed by atoms with E-state index in [0.717, 1.165) is 18.5 Å². The van der Waals surface area contributed by atoms with Crippen molar-refractivity contribution in [3.8, 4) is 0 Å². The fraction of sp³-hybridized carbons (Fsp3) is 0.438. The number of aliphatic imine (C=N–C) groups is 1. The number of H-pyrrole nitrogens is 1. The van der Waals surface area contributed by atoms with Crippen LogP contribution >= 0.6 is 0 Å². The first-order valence-corrected chi connectivity index (χ1v) is 9.58. The number of nitrogens with one attached hydrogen (secondary N) is 3. The number of aromatic amines is 1. The molecule has 0 aliphatic rings. The third kappa shape index (κ3) is 4.99. The Hall–Kier alpha value is -2.02. The predicted octanol–water partition coefficient (Wildman–Crippen LogP) is 1.31. The van der Waals surface area contributed by atoms with Gasteiger partial charge >= 0.3 is 0 Å². The fourth-order valence-corrected chi connectivity index (χ4v) is 3.05. The molecule has 0 saturated heterocycles. The summed E-state index contributed by atoms with van der Waals surface area (Å²) < 4.78 is 22.9. The lowest BCUT2D eigenvalue weighted by atomic mass is 10.1. The molecule has 1 aromatic heterocycles. The molecular weight excluding hydrogens is 312 g/mol. The number of para-hydroxylation sites is 1. The second-order valence-corrected chi connectivity index (χ2v) is 7.74. The highest BCUT2D eigenvalue weighted by atomic mass is 32.2. The van der Waals surface area contributed by atoms with Crippen LogP contribution in [-0.4, -0.2) is 51.0 Å². The van der Waals surface area contributed by atoms with E-state index in [4.69, 9.17) is 0 Å². The molecule has 0 aliphatic carbocycles. The zero-order valence-electron chi connectivity index (χ0n) is 13.6. The van der Waals surface area contributed by atoms with Gasteiger partial charge in [0.15, 0.2) is 15.8 Å². The monoisotopic (exact) mass is 336 g/mol. The van der Waals surface area contributed by atoms with Crippen molar-refractivity contribution in [2.24, 2.45) is 4.99 Å². The van der Waals surface area contributed by atoms with Gasteiger partial charge in [0.25, 0.3) is 0 Å². The highest BCUT2D eigenvalue weighted by Crippen LogP contribution is 2.17. The molecule has 0 radical (unpaired) electrons. The van der Waals surface area contributed by atoms with E-state index < -0.39 is 9.84 Å². The number of guanidine groups is 1. The number of hydrogen-bond donors (Lipinski definition) is 3. The Morgan fingerprint density at radius 2 is 1.96 bits per heavy atom. The number of hydrogen-bond acceptors (Lipinski definition) is 3. The number of aromatic nitrogens is 1. The minimum Gasteiger partial charge on any atom is -0.361 e. The van der Waals surface area contributed by atoms with Gasteiger partial charge in [-0.25, -0.2) is 8.42 Å². The number of fused-ring (bicyclic) bond motifs is 1. The van der Waals surface area contributed by atoms with E-state index in [1.54, 1.807) is 14.0 Å². The molecule has 6 nitrogen and oxygen atoms in total. The first kappa shape index (κ1) is 17.3. The lowest BCUT2D eigenvalue weighted by Gasteiger charge is -2.11. The summed E-state index contributed by atoms with van der Waals surface area (Å²) in [4.78, 5) is 7.36. The van der Waals surface area contributed by atoms with Crippen LogP contribution in [0.1, 0.15) is 12.5 Å². The van der Waals surface area contributed by atoms with Crippen molar-refractivity contribution in [2.45, 2.75) is 13.3 Å². The Bertz CT molecular complexity index is 765. The average molecular weight is 336 g/mol. The third-order valence-corrected chi connectivity index (χ3v) is 5.44. The van der Waals surface area contributed by atoms with Crippen molar-refractivity contribution in [1.29, 1.82) is 0 Å². The topological polar surface area (TPSA) is 86.3 Å². The summed E-state index contributed by atoms with van der Waals surface area (Å²) in [7, 11) is -1.28. The van der Waals surface area contributed by atoms with Crippen molar-refractivity contribution < 1.29 is 8.42 Å². The number of nitrogens with zero attached hydrogens (tertiary/aromatic N) is 1. The Labute approximate surface area is 137 Å². The van der Waals surface area contributed by atoms with Gasteiger partial charge in [-0.2, -0.15) is 0 Å². The van der Waals surface area contributed by atoms with E-state index >= 15 is 0 Å². The zero-order chi connectivity index (χ0) is 16.7. The van der Waals surface area contributed by atoms with Crippen molar-refractivity contribution in [1.82, 2.24) is 15.6 Å². The largest absolute Gasteiger partial charge is 0.361 e. The van der Waals surface area contributed by atoms with E-state index in [2.05, 4.69) is 32.7 Å². The van der Waals surface area contributed by atoms with E-state index in [1.807, 2.05) is 18.3 Å². The summed E-state index contributed by atoms with van der Waals surface area (Å²) in [5, 5.41) is 7.46. The maximum atomic E-state index is 11.5. The van der Waals surface area contributed by atoms with E-state index in [-0.39, 0.29) is 11.5 Å². The Kier molecular flexibility index (Phi) is 6.04. The number of rotatable bonds is 7. The Morgan fingerprint density at radius 3 is 2.70 bits per heavy atom. The standard InChI is InChI=1S/C16H24N4O2S/c1-3-23(21,22)11-10-19-16(17-2)18-9-8-13-12-20-15-7-5-4-6-14(13)15/h4-7,12,20H,3,8-11H2,1-2H3,(H2,17,18,19). The summed E-state index contributed by atoms with van der Waals surface area (Å²) in [6.07, 6.45) is 2.88.